The molecule has 208 valence electrons. The summed E-state index contributed by atoms with van der Waals surface area (Å²) in [4.78, 5) is 29.3. The van der Waals surface area contributed by atoms with Gasteiger partial charge in [0.1, 0.15) is 12.6 Å². The fourth-order valence-corrected chi connectivity index (χ4v) is 6.19. The lowest BCUT2D eigenvalue weighted by Crippen LogP contribution is -2.51. The number of aryl methyl sites for hydroxylation is 1. The van der Waals surface area contributed by atoms with Gasteiger partial charge in [-0.05, 0) is 80.6 Å². The Morgan fingerprint density at radius 1 is 1.03 bits per heavy atom. The van der Waals surface area contributed by atoms with Crippen LogP contribution in [-0.2, 0) is 26.2 Å². The SMILES string of the molecule is CCCNC(=O)[C@@H](C)N(Cc1cccc(Br)c1)C(=O)CN(c1ccc(C)cc1)S(=O)(=O)c1ccc(SC)cc1. The molecule has 0 aromatic heterocycles. The number of carbonyl (C=O) groups excluding carboxylic acids is 2. The lowest BCUT2D eigenvalue weighted by atomic mass is 10.1. The second-order valence-corrected chi connectivity index (χ2v) is 12.8. The zero-order valence-electron chi connectivity index (χ0n) is 22.6. The third kappa shape index (κ3) is 8.09. The average Bonchev–Trinajstić information content (AvgIpc) is 2.93. The van der Waals surface area contributed by atoms with E-state index in [4.69, 9.17) is 0 Å². The van der Waals surface area contributed by atoms with E-state index in [2.05, 4.69) is 21.2 Å². The molecule has 2 amide bonds. The zero-order chi connectivity index (χ0) is 28.6. The van der Waals surface area contributed by atoms with Gasteiger partial charge in [-0.3, -0.25) is 13.9 Å². The number of sulfonamides is 1. The van der Waals surface area contributed by atoms with Crippen LogP contribution in [0.5, 0.6) is 0 Å². The summed E-state index contributed by atoms with van der Waals surface area (Å²) in [5.74, 6) is -0.781. The minimum absolute atomic E-state index is 0.0842. The Bertz CT molecular complexity index is 1380. The van der Waals surface area contributed by atoms with E-state index in [0.29, 0.717) is 12.2 Å². The molecular formula is C29H34BrN3O4S2. The molecule has 0 bridgehead atoms. The van der Waals surface area contributed by atoms with Crippen molar-refractivity contribution < 1.29 is 18.0 Å². The van der Waals surface area contributed by atoms with Crippen LogP contribution < -0.4 is 9.62 Å². The van der Waals surface area contributed by atoms with Crippen molar-refractivity contribution in [2.75, 3.05) is 23.7 Å². The van der Waals surface area contributed by atoms with Gasteiger partial charge in [0.25, 0.3) is 10.0 Å². The number of nitrogens with one attached hydrogen (secondary N) is 1. The molecule has 0 spiro atoms. The van der Waals surface area contributed by atoms with Crippen molar-refractivity contribution in [2.24, 2.45) is 0 Å². The smallest absolute Gasteiger partial charge is 0.264 e. The van der Waals surface area contributed by atoms with Gasteiger partial charge in [0.2, 0.25) is 11.8 Å². The zero-order valence-corrected chi connectivity index (χ0v) is 25.8. The highest BCUT2D eigenvalue weighted by molar-refractivity contribution is 9.10. The molecule has 7 nitrogen and oxygen atoms in total. The van der Waals surface area contributed by atoms with Gasteiger partial charge in [0, 0.05) is 22.5 Å². The number of amides is 2. The first kappa shape index (κ1) is 30.7. The van der Waals surface area contributed by atoms with Crippen LogP contribution in [0.1, 0.15) is 31.4 Å². The van der Waals surface area contributed by atoms with Crippen LogP contribution in [-0.4, -0.2) is 50.5 Å². The number of rotatable bonds is 12. The second-order valence-electron chi connectivity index (χ2n) is 9.14. The molecule has 3 aromatic carbocycles. The van der Waals surface area contributed by atoms with Crippen molar-refractivity contribution in [2.45, 2.75) is 49.6 Å². The number of hydrogen-bond donors (Lipinski definition) is 1. The summed E-state index contributed by atoms with van der Waals surface area (Å²) in [5.41, 5.74) is 2.14. The van der Waals surface area contributed by atoms with Crippen LogP contribution in [0, 0.1) is 6.92 Å². The number of thioether (sulfide) groups is 1. The van der Waals surface area contributed by atoms with Crippen LogP contribution >= 0.6 is 27.7 Å². The van der Waals surface area contributed by atoms with Crippen LogP contribution in [0.3, 0.4) is 0 Å². The van der Waals surface area contributed by atoms with Gasteiger partial charge in [0.15, 0.2) is 0 Å². The summed E-state index contributed by atoms with van der Waals surface area (Å²) in [5, 5.41) is 2.85. The van der Waals surface area contributed by atoms with Gasteiger partial charge in [-0.2, -0.15) is 0 Å². The predicted molar refractivity (Wildman–Crippen MR) is 161 cm³/mol. The normalized spacial score (nSPS) is 12.0. The molecule has 3 rings (SSSR count). The molecule has 0 unspecified atom stereocenters. The van der Waals surface area contributed by atoms with Gasteiger partial charge in [-0.1, -0.05) is 52.7 Å². The van der Waals surface area contributed by atoms with Gasteiger partial charge >= 0.3 is 0 Å². The minimum Gasteiger partial charge on any atom is -0.354 e. The maximum absolute atomic E-state index is 13.9. The molecule has 10 heteroatoms. The van der Waals surface area contributed by atoms with Crippen LogP contribution in [0.2, 0.25) is 0 Å². The molecule has 3 aromatic rings. The summed E-state index contributed by atoms with van der Waals surface area (Å²) in [6.07, 6.45) is 2.67. The highest BCUT2D eigenvalue weighted by Gasteiger charge is 2.32. The van der Waals surface area contributed by atoms with Gasteiger partial charge in [-0.25, -0.2) is 8.42 Å². The van der Waals surface area contributed by atoms with Crippen LogP contribution in [0.4, 0.5) is 5.69 Å². The van der Waals surface area contributed by atoms with E-state index in [-0.39, 0.29) is 17.3 Å². The molecule has 0 radical (unpaired) electrons. The van der Waals surface area contributed by atoms with Gasteiger partial charge in [0.05, 0.1) is 10.6 Å². The summed E-state index contributed by atoms with van der Waals surface area (Å²) >= 11 is 4.97. The minimum atomic E-state index is -4.09. The van der Waals surface area contributed by atoms with E-state index in [1.807, 2.05) is 44.4 Å². The maximum Gasteiger partial charge on any atom is 0.264 e. The standard InChI is InChI=1S/C29H34BrN3O4S2/c1-5-17-31-29(35)22(3)32(19-23-7-6-8-24(30)18-23)28(34)20-33(25-11-9-21(2)10-12-25)39(36,37)27-15-13-26(38-4)14-16-27/h6-16,18,22H,5,17,19-20H2,1-4H3,(H,31,35)/t22-/m1/s1. The van der Waals surface area contributed by atoms with Gasteiger partial charge < -0.3 is 10.2 Å². The quantitative estimate of drug-likeness (QED) is 0.262. The van der Waals surface area contributed by atoms with Crippen molar-refractivity contribution in [1.82, 2.24) is 10.2 Å². The molecule has 0 aliphatic rings. The largest absolute Gasteiger partial charge is 0.354 e. The van der Waals surface area contributed by atoms with Crippen molar-refractivity contribution in [1.29, 1.82) is 0 Å². The molecule has 0 saturated heterocycles. The average molecular weight is 633 g/mol. The third-order valence-electron chi connectivity index (χ3n) is 6.21. The van der Waals surface area contributed by atoms with Crippen molar-refractivity contribution in [3.8, 4) is 0 Å². The fraction of sp³-hybridized carbons (Fsp3) is 0.310. The highest BCUT2D eigenvalue weighted by Crippen LogP contribution is 2.26. The van der Waals surface area contributed by atoms with Crippen molar-refractivity contribution in [3.63, 3.8) is 0 Å². The lowest BCUT2D eigenvalue weighted by molar-refractivity contribution is -0.139. The maximum atomic E-state index is 13.9. The number of nitrogens with zero attached hydrogens (tertiary/aromatic N) is 2. The Morgan fingerprint density at radius 2 is 1.69 bits per heavy atom. The monoisotopic (exact) mass is 631 g/mol. The Morgan fingerprint density at radius 3 is 2.28 bits per heavy atom. The second kappa shape index (κ2) is 14.0. The summed E-state index contributed by atoms with van der Waals surface area (Å²) < 4.78 is 29.7. The summed E-state index contributed by atoms with van der Waals surface area (Å²) in [7, 11) is -4.09. The Hall–Kier alpha value is -2.82. The van der Waals surface area contributed by atoms with E-state index < -0.39 is 28.5 Å². The predicted octanol–water partition coefficient (Wildman–Crippen LogP) is 5.62. The van der Waals surface area contributed by atoms with Gasteiger partial charge in [-0.15, -0.1) is 11.8 Å². The fourth-order valence-electron chi connectivity index (χ4n) is 3.93. The molecule has 0 aliphatic heterocycles. The van der Waals surface area contributed by atoms with E-state index in [1.54, 1.807) is 55.5 Å². The first-order chi connectivity index (χ1) is 18.6. The topological polar surface area (TPSA) is 86.8 Å². The molecule has 0 aliphatic carbocycles. The number of benzene rings is 3. The first-order valence-corrected chi connectivity index (χ1v) is 16.1. The summed E-state index contributed by atoms with van der Waals surface area (Å²) in [6.45, 7) is 5.68. The van der Waals surface area contributed by atoms with E-state index in [0.717, 1.165) is 31.2 Å². The Kier molecular flexibility index (Phi) is 11.0. The highest BCUT2D eigenvalue weighted by atomic mass is 79.9. The van der Waals surface area contributed by atoms with Crippen molar-refractivity contribution >= 4 is 55.2 Å². The van der Waals surface area contributed by atoms with E-state index >= 15 is 0 Å². The number of carbonyl (C=O) groups is 2. The first-order valence-electron chi connectivity index (χ1n) is 12.6. The van der Waals surface area contributed by atoms with E-state index in [9.17, 15) is 18.0 Å². The lowest BCUT2D eigenvalue weighted by Gasteiger charge is -2.32. The molecule has 0 heterocycles. The third-order valence-corrected chi connectivity index (χ3v) is 9.23. The molecule has 39 heavy (non-hydrogen) atoms. The molecule has 0 fully saturated rings. The van der Waals surface area contributed by atoms with Crippen LogP contribution in [0.25, 0.3) is 0 Å². The Balaban J connectivity index is 2.01. The number of halogens is 1. The molecule has 0 saturated carbocycles. The molecule has 1 atom stereocenters. The molecule has 1 N–H and O–H groups in total. The number of anilines is 1. The van der Waals surface area contributed by atoms with Crippen LogP contribution in [0.15, 0.2) is 87.1 Å². The van der Waals surface area contributed by atoms with Crippen molar-refractivity contribution in [3.05, 3.63) is 88.4 Å². The number of hydrogen-bond acceptors (Lipinski definition) is 5. The van der Waals surface area contributed by atoms with E-state index in [1.165, 1.54) is 16.7 Å². The Labute approximate surface area is 244 Å². The summed E-state index contributed by atoms with van der Waals surface area (Å²) in [6, 6.07) is 20.2. The molecular weight excluding hydrogens is 598 g/mol.